The molecule has 3 N–H and O–H groups in total. The minimum atomic E-state index is 0.0313. The summed E-state index contributed by atoms with van der Waals surface area (Å²) in [5, 5.41) is 15.3. The number of amides is 1. The van der Waals surface area contributed by atoms with Crippen molar-refractivity contribution >= 4 is 5.91 Å². The van der Waals surface area contributed by atoms with Crippen LogP contribution in [0.15, 0.2) is 0 Å². The summed E-state index contributed by atoms with van der Waals surface area (Å²) < 4.78 is 0. The molecule has 15 heavy (non-hydrogen) atoms. The van der Waals surface area contributed by atoms with Crippen LogP contribution in [0, 0.1) is 11.3 Å². The number of rotatable bonds is 5. The fourth-order valence-electron chi connectivity index (χ4n) is 2.08. The summed E-state index contributed by atoms with van der Waals surface area (Å²) >= 11 is 0. The van der Waals surface area contributed by atoms with Gasteiger partial charge in [-0.25, -0.2) is 0 Å². The third-order valence-electron chi connectivity index (χ3n) is 3.59. The molecule has 0 aromatic heterocycles. The largest absolute Gasteiger partial charge is 0.396 e. The summed E-state index contributed by atoms with van der Waals surface area (Å²) in [5.41, 5.74) is 0.0313. The van der Waals surface area contributed by atoms with Gasteiger partial charge in [-0.05, 0) is 38.3 Å². The lowest BCUT2D eigenvalue weighted by Gasteiger charge is -2.14. The van der Waals surface area contributed by atoms with Crippen LogP contribution in [0.4, 0.5) is 0 Å². The number of carbonyl (C=O) groups is 1. The van der Waals surface area contributed by atoms with Crippen molar-refractivity contribution in [3.05, 3.63) is 0 Å². The van der Waals surface area contributed by atoms with Crippen molar-refractivity contribution < 1.29 is 9.90 Å². The molecule has 1 amide bonds. The third-order valence-corrected chi connectivity index (χ3v) is 3.59. The molecule has 0 aromatic carbocycles. The standard InChI is InChI=1S/C11H20N2O2/c14-8-11(2-3-11)7-13-10(15)5-9-1-4-12-6-9/h9,12,14H,1-8H2,(H,13,15). The first-order valence-corrected chi connectivity index (χ1v) is 5.82. The van der Waals surface area contributed by atoms with Crippen molar-refractivity contribution in [2.45, 2.75) is 25.7 Å². The predicted molar refractivity (Wildman–Crippen MR) is 57.4 cm³/mol. The molecule has 0 radical (unpaired) electrons. The molecule has 4 nitrogen and oxygen atoms in total. The quantitative estimate of drug-likeness (QED) is 0.595. The first kappa shape index (κ1) is 10.9. The molecule has 1 saturated carbocycles. The monoisotopic (exact) mass is 212 g/mol. The van der Waals surface area contributed by atoms with E-state index in [9.17, 15) is 4.79 Å². The van der Waals surface area contributed by atoms with Crippen molar-refractivity contribution in [3.63, 3.8) is 0 Å². The van der Waals surface area contributed by atoms with E-state index < -0.39 is 0 Å². The molecule has 1 aliphatic heterocycles. The Balaban J connectivity index is 1.64. The summed E-state index contributed by atoms with van der Waals surface area (Å²) in [6, 6.07) is 0. The van der Waals surface area contributed by atoms with Gasteiger partial charge in [-0.15, -0.1) is 0 Å². The van der Waals surface area contributed by atoms with Crippen LogP contribution in [-0.2, 0) is 4.79 Å². The summed E-state index contributed by atoms with van der Waals surface area (Å²) in [5.74, 6) is 0.651. The summed E-state index contributed by atoms with van der Waals surface area (Å²) in [4.78, 5) is 11.6. The van der Waals surface area contributed by atoms with Gasteiger partial charge in [0.1, 0.15) is 0 Å². The molecule has 1 unspecified atom stereocenters. The van der Waals surface area contributed by atoms with E-state index in [0.29, 0.717) is 18.9 Å². The predicted octanol–water partition coefficient (Wildman–Crippen LogP) is -0.125. The van der Waals surface area contributed by atoms with Crippen LogP contribution in [0.1, 0.15) is 25.7 Å². The average molecular weight is 212 g/mol. The maximum atomic E-state index is 11.6. The maximum Gasteiger partial charge on any atom is 0.220 e. The average Bonchev–Trinajstić information content (AvgIpc) is 2.86. The first-order valence-electron chi connectivity index (χ1n) is 5.82. The Hall–Kier alpha value is -0.610. The lowest BCUT2D eigenvalue weighted by atomic mass is 10.0. The number of aliphatic hydroxyl groups excluding tert-OH is 1. The smallest absolute Gasteiger partial charge is 0.220 e. The minimum Gasteiger partial charge on any atom is -0.396 e. The fraction of sp³-hybridized carbons (Fsp3) is 0.909. The van der Waals surface area contributed by atoms with Gasteiger partial charge < -0.3 is 15.7 Å². The van der Waals surface area contributed by atoms with Gasteiger partial charge in [-0.3, -0.25) is 4.79 Å². The highest BCUT2D eigenvalue weighted by Crippen LogP contribution is 2.44. The highest BCUT2D eigenvalue weighted by atomic mass is 16.3. The molecule has 0 aromatic rings. The van der Waals surface area contributed by atoms with E-state index in [-0.39, 0.29) is 17.9 Å². The number of nitrogens with one attached hydrogen (secondary N) is 2. The van der Waals surface area contributed by atoms with Crippen molar-refractivity contribution in [1.29, 1.82) is 0 Å². The second-order valence-electron chi connectivity index (χ2n) is 5.00. The number of aliphatic hydroxyl groups is 1. The van der Waals surface area contributed by atoms with Gasteiger partial charge in [0.25, 0.3) is 0 Å². The molecule has 0 spiro atoms. The summed E-state index contributed by atoms with van der Waals surface area (Å²) in [6.07, 6.45) is 3.84. The van der Waals surface area contributed by atoms with Crippen molar-refractivity contribution in [1.82, 2.24) is 10.6 Å². The third kappa shape index (κ3) is 2.92. The van der Waals surface area contributed by atoms with Gasteiger partial charge >= 0.3 is 0 Å². The van der Waals surface area contributed by atoms with Crippen molar-refractivity contribution in [2.24, 2.45) is 11.3 Å². The molecule has 1 atom stereocenters. The Morgan fingerprint density at radius 3 is 2.87 bits per heavy atom. The Morgan fingerprint density at radius 2 is 2.33 bits per heavy atom. The van der Waals surface area contributed by atoms with E-state index in [1.54, 1.807) is 0 Å². The van der Waals surface area contributed by atoms with Crippen LogP contribution in [0.2, 0.25) is 0 Å². The molecule has 86 valence electrons. The van der Waals surface area contributed by atoms with Crippen LogP contribution < -0.4 is 10.6 Å². The molecule has 2 rings (SSSR count). The molecule has 2 fully saturated rings. The van der Waals surface area contributed by atoms with Gasteiger partial charge in [0.05, 0.1) is 6.61 Å². The molecule has 4 heteroatoms. The van der Waals surface area contributed by atoms with E-state index in [0.717, 1.165) is 32.4 Å². The molecule has 2 aliphatic rings. The van der Waals surface area contributed by atoms with Gasteiger partial charge in [0, 0.05) is 18.4 Å². The van der Waals surface area contributed by atoms with Gasteiger partial charge in [-0.2, -0.15) is 0 Å². The highest BCUT2D eigenvalue weighted by Gasteiger charge is 2.42. The van der Waals surface area contributed by atoms with Crippen LogP contribution in [-0.4, -0.2) is 37.3 Å². The van der Waals surface area contributed by atoms with Crippen molar-refractivity contribution in [2.75, 3.05) is 26.2 Å². The number of hydrogen-bond acceptors (Lipinski definition) is 3. The van der Waals surface area contributed by atoms with Gasteiger partial charge in [0.15, 0.2) is 0 Å². The zero-order valence-corrected chi connectivity index (χ0v) is 9.09. The SMILES string of the molecule is O=C(CC1CCNC1)NCC1(CO)CC1. The first-order chi connectivity index (χ1) is 7.24. The summed E-state index contributed by atoms with van der Waals surface area (Å²) in [6.45, 7) is 2.87. The Labute approximate surface area is 90.4 Å². The number of hydrogen-bond donors (Lipinski definition) is 3. The van der Waals surface area contributed by atoms with E-state index in [2.05, 4.69) is 10.6 Å². The maximum absolute atomic E-state index is 11.6. The second-order valence-corrected chi connectivity index (χ2v) is 5.00. The second kappa shape index (κ2) is 4.49. The molecular weight excluding hydrogens is 192 g/mol. The van der Waals surface area contributed by atoms with Gasteiger partial charge in [-0.1, -0.05) is 0 Å². The van der Waals surface area contributed by atoms with E-state index in [1.165, 1.54) is 0 Å². The fourth-order valence-corrected chi connectivity index (χ4v) is 2.08. The normalized spacial score (nSPS) is 27.7. The molecule has 1 heterocycles. The van der Waals surface area contributed by atoms with Crippen LogP contribution in [0.3, 0.4) is 0 Å². The summed E-state index contributed by atoms with van der Waals surface area (Å²) in [7, 11) is 0. The van der Waals surface area contributed by atoms with Crippen LogP contribution in [0.25, 0.3) is 0 Å². The Bertz CT molecular complexity index is 233. The van der Waals surface area contributed by atoms with Gasteiger partial charge in [0.2, 0.25) is 5.91 Å². The molecule has 0 bridgehead atoms. The van der Waals surface area contributed by atoms with Crippen molar-refractivity contribution in [3.8, 4) is 0 Å². The van der Waals surface area contributed by atoms with Crippen LogP contribution >= 0.6 is 0 Å². The molecular formula is C11H20N2O2. The zero-order valence-electron chi connectivity index (χ0n) is 9.09. The Morgan fingerprint density at radius 1 is 1.53 bits per heavy atom. The molecule has 1 saturated heterocycles. The van der Waals surface area contributed by atoms with E-state index in [4.69, 9.17) is 5.11 Å². The highest BCUT2D eigenvalue weighted by molar-refractivity contribution is 5.76. The Kier molecular flexibility index (Phi) is 3.26. The minimum absolute atomic E-state index is 0.0313. The zero-order chi connectivity index (χ0) is 10.7. The molecule has 1 aliphatic carbocycles. The van der Waals surface area contributed by atoms with E-state index >= 15 is 0 Å². The van der Waals surface area contributed by atoms with E-state index in [1.807, 2.05) is 0 Å². The topological polar surface area (TPSA) is 61.4 Å². The number of carbonyl (C=O) groups excluding carboxylic acids is 1. The lowest BCUT2D eigenvalue weighted by Crippen LogP contribution is -2.33. The lowest BCUT2D eigenvalue weighted by molar-refractivity contribution is -0.122. The van der Waals surface area contributed by atoms with Crippen LogP contribution in [0.5, 0.6) is 0 Å².